The van der Waals surface area contributed by atoms with Crippen LogP contribution < -0.4 is 4.72 Å². The van der Waals surface area contributed by atoms with Crippen LogP contribution in [-0.2, 0) is 24.3 Å². The molecule has 0 aliphatic carbocycles. The van der Waals surface area contributed by atoms with Gasteiger partial charge in [-0.25, -0.2) is 22.9 Å². The first kappa shape index (κ1) is 29.9. The fraction of sp³-hybridized carbons (Fsp3) is 0.258. The summed E-state index contributed by atoms with van der Waals surface area (Å²) in [5.74, 6) is -0.884. The van der Waals surface area contributed by atoms with Gasteiger partial charge < -0.3 is 14.0 Å². The fourth-order valence-corrected chi connectivity index (χ4v) is 5.65. The molecule has 1 atom stereocenters. The lowest BCUT2D eigenvalue weighted by Crippen LogP contribution is -2.32. The molecular formula is C31H33N3O6S. The van der Waals surface area contributed by atoms with Crippen molar-refractivity contribution in [3.05, 3.63) is 112 Å². The molecule has 0 aliphatic rings. The third-order valence-electron chi connectivity index (χ3n) is 6.83. The van der Waals surface area contributed by atoms with Gasteiger partial charge in [-0.3, -0.25) is 4.79 Å². The number of benzene rings is 3. The van der Waals surface area contributed by atoms with Crippen molar-refractivity contribution in [1.29, 1.82) is 0 Å². The molecule has 0 fully saturated rings. The third-order valence-corrected chi connectivity index (χ3v) is 8.24. The average molecular weight is 576 g/mol. The number of hydrogen-bond acceptors (Lipinski definition) is 7. The van der Waals surface area contributed by atoms with Crippen LogP contribution in [0.15, 0.2) is 78.2 Å². The molecule has 0 saturated heterocycles. The SMILES string of the molecule is COC(=O)c1cc(C)c(C(OCC(=O)CNS(=O)(=O)c2ccc(C)cc2)c2cc(-n3ccnc3)ccc2C)c(C)c1. The van der Waals surface area contributed by atoms with Crippen molar-refractivity contribution in [2.45, 2.75) is 38.7 Å². The minimum Gasteiger partial charge on any atom is -0.465 e. The highest BCUT2D eigenvalue weighted by atomic mass is 32.2. The average Bonchev–Trinajstić information content (AvgIpc) is 3.48. The largest absolute Gasteiger partial charge is 0.465 e. The number of aryl methyl sites for hydroxylation is 4. The number of Topliss-reactive ketones (excluding diaryl/α,β-unsaturated/α-hetero) is 1. The van der Waals surface area contributed by atoms with E-state index in [0.717, 1.165) is 39.1 Å². The van der Waals surface area contributed by atoms with Crippen LogP contribution in [0, 0.1) is 27.7 Å². The Morgan fingerprint density at radius 2 is 1.63 bits per heavy atom. The number of hydrogen-bond donors (Lipinski definition) is 1. The first-order valence-corrected chi connectivity index (χ1v) is 14.5. The summed E-state index contributed by atoms with van der Waals surface area (Å²) in [4.78, 5) is 29.3. The molecule has 4 aromatic rings. The van der Waals surface area contributed by atoms with Gasteiger partial charge in [-0.1, -0.05) is 23.8 Å². The predicted molar refractivity (Wildman–Crippen MR) is 155 cm³/mol. The van der Waals surface area contributed by atoms with Gasteiger partial charge in [0, 0.05) is 18.1 Å². The molecule has 1 unspecified atom stereocenters. The summed E-state index contributed by atoms with van der Waals surface area (Å²) in [5, 5.41) is 0. The number of carbonyl (C=O) groups excluding carboxylic acids is 2. The molecule has 0 bridgehead atoms. The van der Waals surface area contributed by atoms with E-state index in [9.17, 15) is 18.0 Å². The van der Waals surface area contributed by atoms with Crippen molar-refractivity contribution < 1.29 is 27.5 Å². The second kappa shape index (κ2) is 12.6. The van der Waals surface area contributed by atoms with Gasteiger partial charge in [0.1, 0.15) is 12.7 Å². The highest BCUT2D eigenvalue weighted by Crippen LogP contribution is 2.35. The molecule has 1 aromatic heterocycles. The van der Waals surface area contributed by atoms with E-state index in [-0.39, 0.29) is 11.5 Å². The van der Waals surface area contributed by atoms with Crippen molar-refractivity contribution in [3.63, 3.8) is 0 Å². The topological polar surface area (TPSA) is 117 Å². The normalized spacial score (nSPS) is 12.2. The monoisotopic (exact) mass is 575 g/mol. The molecule has 0 spiro atoms. The number of ether oxygens (including phenoxy) is 2. The number of methoxy groups -OCH3 is 1. The van der Waals surface area contributed by atoms with Gasteiger partial charge in [0.05, 0.1) is 30.4 Å². The second-order valence-corrected chi connectivity index (χ2v) is 11.7. The molecule has 10 heteroatoms. The smallest absolute Gasteiger partial charge is 0.337 e. The van der Waals surface area contributed by atoms with Gasteiger partial charge in [0.15, 0.2) is 5.78 Å². The van der Waals surface area contributed by atoms with Crippen molar-refractivity contribution in [2.24, 2.45) is 0 Å². The van der Waals surface area contributed by atoms with Crippen LogP contribution in [0.3, 0.4) is 0 Å². The van der Waals surface area contributed by atoms with Gasteiger partial charge in [-0.15, -0.1) is 0 Å². The van der Waals surface area contributed by atoms with Crippen molar-refractivity contribution >= 4 is 21.8 Å². The van der Waals surface area contributed by atoms with Crippen molar-refractivity contribution in [3.8, 4) is 5.69 Å². The maximum absolute atomic E-state index is 12.9. The van der Waals surface area contributed by atoms with Gasteiger partial charge in [0.25, 0.3) is 0 Å². The predicted octanol–water partition coefficient (Wildman–Crippen LogP) is 4.55. The fourth-order valence-electron chi connectivity index (χ4n) is 4.64. The zero-order chi connectivity index (χ0) is 29.7. The Morgan fingerprint density at radius 3 is 2.24 bits per heavy atom. The van der Waals surface area contributed by atoms with Crippen LogP contribution in [0.5, 0.6) is 0 Å². The molecule has 1 heterocycles. The van der Waals surface area contributed by atoms with Gasteiger partial charge in [-0.2, -0.15) is 0 Å². The summed E-state index contributed by atoms with van der Waals surface area (Å²) < 4.78 is 40.8. The Bertz CT molecular complexity index is 1640. The number of sulfonamides is 1. The number of esters is 1. The van der Waals surface area contributed by atoms with E-state index in [1.165, 1.54) is 19.2 Å². The Kier molecular flexibility index (Phi) is 9.17. The van der Waals surface area contributed by atoms with Crippen LogP contribution in [0.25, 0.3) is 5.69 Å². The molecule has 0 aliphatic heterocycles. The molecule has 3 aromatic carbocycles. The Morgan fingerprint density at radius 1 is 0.951 bits per heavy atom. The lowest BCUT2D eigenvalue weighted by molar-refractivity contribution is -0.123. The van der Waals surface area contributed by atoms with E-state index in [0.29, 0.717) is 5.56 Å². The maximum Gasteiger partial charge on any atom is 0.337 e. The van der Waals surface area contributed by atoms with Gasteiger partial charge in [0.2, 0.25) is 10.0 Å². The molecule has 4 rings (SSSR count). The highest BCUT2D eigenvalue weighted by molar-refractivity contribution is 7.89. The van der Waals surface area contributed by atoms with E-state index in [1.807, 2.05) is 56.7 Å². The summed E-state index contributed by atoms with van der Waals surface area (Å²) in [6.07, 6.45) is 4.53. The minimum atomic E-state index is -3.86. The van der Waals surface area contributed by atoms with Crippen LogP contribution >= 0.6 is 0 Å². The molecule has 41 heavy (non-hydrogen) atoms. The number of carbonyl (C=O) groups is 2. The molecule has 0 saturated carbocycles. The quantitative estimate of drug-likeness (QED) is 0.261. The first-order chi connectivity index (χ1) is 19.5. The van der Waals surface area contributed by atoms with Gasteiger partial charge >= 0.3 is 5.97 Å². The molecular weight excluding hydrogens is 542 g/mol. The number of nitrogens with zero attached hydrogens (tertiary/aromatic N) is 2. The zero-order valence-electron chi connectivity index (χ0n) is 23.7. The summed E-state index contributed by atoms with van der Waals surface area (Å²) in [6.45, 7) is 6.80. The molecule has 0 amide bonds. The molecule has 9 nitrogen and oxygen atoms in total. The maximum atomic E-state index is 12.9. The van der Waals surface area contributed by atoms with Crippen LogP contribution in [0.4, 0.5) is 0 Å². The molecule has 1 N–H and O–H groups in total. The van der Waals surface area contributed by atoms with Crippen LogP contribution in [0.1, 0.15) is 49.8 Å². The Hall–Kier alpha value is -4.12. The summed E-state index contributed by atoms with van der Waals surface area (Å²) in [5.41, 5.74) is 6.33. The summed E-state index contributed by atoms with van der Waals surface area (Å²) in [6, 6.07) is 15.7. The number of rotatable bonds is 11. The van der Waals surface area contributed by atoms with E-state index >= 15 is 0 Å². The van der Waals surface area contributed by atoms with Crippen molar-refractivity contribution in [2.75, 3.05) is 20.3 Å². The molecule has 214 valence electrons. The second-order valence-electron chi connectivity index (χ2n) is 9.89. The Balaban J connectivity index is 1.63. The summed E-state index contributed by atoms with van der Waals surface area (Å²) >= 11 is 0. The highest BCUT2D eigenvalue weighted by Gasteiger charge is 2.25. The molecule has 0 radical (unpaired) electrons. The van der Waals surface area contributed by atoms with Crippen LogP contribution in [-0.4, -0.2) is 50.0 Å². The number of nitrogens with one attached hydrogen (secondary N) is 1. The van der Waals surface area contributed by atoms with E-state index in [2.05, 4.69) is 9.71 Å². The number of imidazole rings is 1. The first-order valence-electron chi connectivity index (χ1n) is 13.0. The van der Waals surface area contributed by atoms with E-state index < -0.39 is 34.4 Å². The van der Waals surface area contributed by atoms with Crippen LogP contribution in [0.2, 0.25) is 0 Å². The third kappa shape index (κ3) is 6.97. The van der Waals surface area contributed by atoms with Crippen molar-refractivity contribution in [1.82, 2.24) is 14.3 Å². The minimum absolute atomic E-state index is 0.0820. The number of ketones is 1. The number of aromatic nitrogens is 2. The summed E-state index contributed by atoms with van der Waals surface area (Å²) in [7, 11) is -2.53. The van der Waals surface area contributed by atoms with E-state index in [4.69, 9.17) is 9.47 Å². The Labute approximate surface area is 240 Å². The van der Waals surface area contributed by atoms with E-state index in [1.54, 1.807) is 36.8 Å². The van der Waals surface area contributed by atoms with Gasteiger partial charge in [-0.05, 0) is 91.9 Å². The standard InChI is InChI=1S/C31H33N3O6S/c1-20-6-10-27(11-7-20)41(37,38)33-17-26(35)18-40-30(29-22(3)14-24(15-23(29)4)31(36)39-5)28-16-25(9-8-21(28)2)34-13-12-32-19-34/h6-16,19,30,33H,17-18H2,1-5H3. The zero-order valence-corrected chi connectivity index (χ0v) is 24.5. The lowest BCUT2D eigenvalue weighted by Gasteiger charge is -2.25. The lowest BCUT2D eigenvalue weighted by atomic mass is 9.89.